The van der Waals surface area contributed by atoms with Crippen LogP contribution in [0.3, 0.4) is 0 Å². The summed E-state index contributed by atoms with van der Waals surface area (Å²) in [5.74, 6) is 0.138. The van der Waals surface area contributed by atoms with Crippen LogP contribution in [0.25, 0.3) is 0 Å². The van der Waals surface area contributed by atoms with Crippen molar-refractivity contribution in [3.63, 3.8) is 0 Å². The highest BCUT2D eigenvalue weighted by Crippen LogP contribution is 2.30. The molecular weight excluding hydrogens is 338 g/mol. The van der Waals surface area contributed by atoms with Crippen molar-refractivity contribution in [2.75, 3.05) is 39.9 Å². The van der Waals surface area contributed by atoms with Gasteiger partial charge in [0.2, 0.25) is 10.0 Å². The molecule has 2 fully saturated rings. The van der Waals surface area contributed by atoms with Gasteiger partial charge >= 0.3 is 0 Å². The van der Waals surface area contributed by atoms with Gasteiger partial charge in [-0.25, -0.2) is 8.42 Å². The van der Waals surface area contributed by atoms with E-state index in [4.69, 9.17) is 21.6 Å². The molecule has 2 heterocycles. The number of hydrogen-bond acceptors (Lipinski definition) is 5. The van der Waals surface area contributed by atoms with Crippen molar-refractivity contribution in [1.29, 1.82) is 5.26 Å². The fourth-order valence-corrected chi connectivity index (χ4v) is 5.44. The maximum atomic E-state index is 13.1. The zero-order valence-corrected chi connectivity index (χ0v) is 14.3. The molecule has 2 aliphatic heterocycles. The molecule has 124 valence electrons. The van der Waals surface area contributed by atoms with Crippen LogP contribution in [0, 0.1) is 17.2 Å². The minimum absolute atomic E-state index is 0.0494. The Morgan fingerprint density at radius 2 is 2.09 bits per heavy atom. The first-order valence-corrected chi connectivity index (χ1v) is 9.21. The van der Waals surface area contributed by atoms with Crippen LogP contribution in [0.1, 0.15) is 5.56 Å². The molecule has 0 N–H and O–H groups in total. The Labute approximate surface area is 141 Å². The van der Waals surface area contributed by atoms with Crippen molar-refractivity contribution in [2.45, 2.75) is 10.9 Å². The third kappa shape index (κ3) is 3.23. The molecule has 1 aromatic rings. The van der Waals surface area contributed by atoms with Crippen LogP contribution in [0.5, 0.6) is 0 Å². The number of nitriles is 1. The number of ether oxygens (including phenoxy) is 1. The Hall–Kier alpha value is -1.17. The lowest BCUT2D eigenvalue weighted by Gasteiger charge is -2.29. The molecule has 2 aliphatic rings. The van der Waals surface area contributed by atoms with Crippen LogP contribution >= 0.6 is 11.6 Å². The van der Waals surface area contributed by atoms with Crippen LogP contribution in [-0.4, -0.2) is 63.6 Å². The number of fused-ring (bicyclic) bond motifs is 3. The summed E-state index contributed by atoms with van der Waals surface area (Å²) in [6, 6.07) is 6.01. The summed E-state index contributed by atoms with van der Waals surface area (Å²) in [5, 5.41) is 8.98. The fourth-order valence-electron chi connectivity index (χ4n) is 3.24. The standard InChI is InChI=1S/C15H18ClN3O3S/c1-18-6-12-7-19(13(8-18)10-22-9-12)23(20,21)15-3-2-11(5-17)4-14(15)16/h2-4,12-13H,6-10H2,1H3/t12-,13-/m0/s1. The molecule has 0 radical (unpaired) electrons. The Morgan fingerprint density at radius 1 is 1.30 bits per heavy atom. The van der Waals surface area contributed by atoms with Gasteiger partial charge in [-0.2, -0.15) is 9.57 Å². The van der Waals surface area contributed by atoms with E-state index in [1.54, 1.807) is 0 Å². The molecule has 0 unspecified atom stereocenters. The quantitative estimate of drug-likeness (QED) is 0.796. The molecule has 8 heteroatoms. The Kier molecular flexibility index (Phi) is 4.63. The molecule has 0 saturated carbocycles. The molecule has 0 aromatic heterocycles. The van der Waals surface area contributed by atoms with Gasteiger partial charge in [0.1, 0.15) is 4.90 Å². The van der Waals surface area contributed by atoms with Crippen molar-refractivity contribution < 1.29 is 13.2 Å². The maximum Gasteiger partial charge on any atom is 0.244 e. The normalized spacial score (nSPS) is 26.5. The summed E-state index contributed by atoms with van der Waals surface area (Å²) < 4.78 is 33.3. The average Bonchev–Trinajstić information content (AvgIpc) is 2.77. The van der Waals surface area contributed by atoms with Crippen molar-refractivity contribution >= 4 is 21.6 Å². The van der Waals surface area contributed by atoms with Crippen molar-refractivity contribution in [3.8, 4) is 6.07 Å². The lowest BCUT2D eigenvalue weighted by Crippen LogP contribution is -2.45. The van der Waals surface area contributed by atoms with Crippen LogP contribution in [0.15, 0.2) is 23.1 Å². The van der Waals surface area contributed by atoms with Gasteiger partial charge < -0.3 is 9.64 Å². The second-order valence-electron chi connectivity index (χ2n) is 6.11. The zero-order valence-electron chi connectivity index (χ0n) is 12.8. The van der Waals surface area contributed by atoms with E-state index in [-0.39, 0.29) is 21.9 Å². The Bertz CT molecular complexity index is 747. The number of benzene rings is 1. The number of sulfonamides is 1. The van der Waals surface area contributed by atoms with E-state index in [1.165, 1.54) is 22.5 Å². The van der Waals surface area contributed by atoms with Crippen molar-refractivity contribution in [1.82, 2.24) is 9.21 Å². The summed E-state index contributed by atoms with van der Waals surface area (Å²) in [7, 11) is -1.74. The fraction of sp³-hybridized carbons (Fsp3) is 0.533. The molecule has 2 bridgehead atoms. The molecule has 1 aromatic carbocycles. The van der Waals surface area contributed by atoms with Gasteiger partial charge in [-0.3, -0.25) is 0 Å². The Morgan fingerprint density at radius 3 is 2.78 bits per heavy atom. The van der Waals surface area contributed by atoms with Gasteiger partial charge in [-0.15, -0.1) is 0 Å². The molecule has 2 saturated heterocycles. The van der Waals surface area contributed by atoms with Gasteiger partial charge in [0.15, 0.2) is 0 Å². The minimum Gasteiger partial charge on any atom is -0.379 e. The second kappa shape index (κ2) is 6.38. The first kappa shape index (κ1) is 16.7. The largest absolute Gasteiger partial charge is 0.379 e. The van der Waals surface area contributed by atoms with E-state index in [2.05, 4.69) is 4.90 Å². The summed E-state index contributed by atoms with van der Waals surface area (Å²) in [5.41, 5.74) is 0.339. The van der Waals surface area contributed by atoms with E-state index < -0.39 is 10.0 Å². The van der Waals surface area contributed by atoms with Gasteiger partial charge in [-0.1, -0.05) is 11.6 Å². The third-order valence-corrected chi connectivity index (χ3v) is 6.65. The minimum atomic E-state index is -3.73. The number of likely N-dealkylation sites (N-methyl/N-ethyl adjacent to an activating group) is 1. The van der Waals surface area contributed by atoms with Gasteiger partial charge in [0, 0.05) is 25.6 Å². The van der Waals surface area contributed by atoms with Crippen LogP contribution < -0.4 is 0 Å². The van der Waals surface area contributed by atoms with E-state index in [9.17, 15) is 8.42 Å². The lowest BCUT2D eigenvalue weighted by atomic mass is 10.1. The predicted octanol–water partition coefficient (Wildman–Crippen LogP) is 1.16. The molecule has 6 nitrogen and oxygen atoms in total. The highest BCUT2D eigenvalue weighted by atomic mass is 35.5. The molecule has 0 amide bonds. The second-order valence-corrected chi connectivity index (χ2v) is 8.38. The van der Waals surface area contributed by atoms with E-state index in [0.717, 1.165) is 6.54 Å². The molecule has 0 aliphatic carbocycles. The number of hydrogen-bond donors (Lipinski definition) is 0. The number of halogens is 1. The predicted molar refractivity (Wildman–Crippen MR) is 85.7 cm³/mol. The molecule has 0 spiro atoms. The third-order valence-electron chi connectivity index (χ3n) is 4.25. The molecule has 3 rings (SSSR count). The molecular formula is C15H18ClN3O3S. The molecule has 2 atom stereocenters. The summed E-state index contributed by atoms with van der Waals surface area (Å²) >= 11 is 6.13. The highest BCUT2D eigenvalue weighted by Gasteiger charge is 2.39. The first-order valence-electron chi connectivity index (χ1n) is 7.39. The average molecular weight is 356 g/mol. The van der Waals surface area contributed by atoms with Crippen LogP contribution in [0.2, 0.25) is 5.02 Å². The first-order chi connectivity index (χ1) is 10.9. The summed E-state index contributed by atoms with van der Waals surface area (Å²) in [6.45, 7) is 2.81. The van der Waals surface area contributed by atoms with Crippen LogP contribution in [0.4, 0.5) is 0 Å². The van der Waals surface area contributed by atoms with Crippen LogP contribution in [-0.2, 0) is 14.8 Å². The smallest absolute Gasteiger partial charge is 0.244 e. The number of rotatable bonds is 2. The maximum absolute atomic E-state index is 13.1. The van der Waals surface area contributed by atoms with E-state index in [1.807, 2.05) is 13.1 Å². The SMILES string of the molecule is CN1C[C@@H]2COC[C@H](C1)N(S(=O)(=O)c1ccc(C#N)cc1Cl)C2. The lowest BCUT2D eigenvalue weighted by molar-refractivity contribution is 0.0659. The van der Waals surface area contributed by atoms with Gasteiger partial charge in [0.05, 0.1) is 35.9 Å². The topological polar surface area (TPSA) is 73.6 Å². The van der Waals surface area contributed by atoms with Crippen molar-refractivity contribution in [3.05, 3.63) is 28.8 Å². The zero-order chi connectivity index (χ0) is 16.6. The summed E-state index contributed by atoms with van der Waals surface area (Å²) in [6.07, 6.45) is 0. The van der Waals surface area contributed by atoms with Gasteiger partial charge in [-0.05, 0) is 25.2 Å². The van der Waals surface area contributed by atoms with Gasteiger partial charge in [0.25, 0.3) is 0 Å². The van der Waals surface area contributed by atoms with E-state index >= 15 is 0 Å². The highest BCUT2D eigenvalue weighted by molar-refractivity contribution is 7.89. The number of nitrogens with zero attached hydrogens (tertiary/aromatic N) is 3. The monoisotopic (exact) mass is 355 g/mol. The summed E-state index contributed by atoms with van der Waals surface area (Å²) in [4.78, 5) is 2.20. The van der Waals surface area contributed by atoms with Crippen molar-refractivity contribution in [2.24, 2.45) is 5.92 Å². The molecule has 23 heavy (non-hydrogen) atoms. The Balaban J connectivity index is 2.00. The van der Waals surface area contributed by atoms with E-state index in [0.29, 0.717) is 31.9 Å².